The Balaban J connectivity index is 2.51. The highest BCUT2D eigenvalue weighted by atomic mass is 16.2. The number of fused-ring (bicyclic) bond motifs is 1. The third kappa shape index (κ3) is 1.31. The van der Waals surface area contributed by atoms with Crippen LogP contribution in [0.5, 0.6) is 0 Å². The Bertz CT molecular complexity index is 398. The predicted molar refractivity (Wildman–Crippen MR) is 51.7 cm³/mol. The second kappa shape index (κ2) is 3.25. The van der Waals surface area contributed by atoms with Crippen molar-refractivity contribution in [2.75, 3.05) is 0 Å². The van der Waals surface area contributed by atoms with Gasteiger partial charge in [-0.05, 0) is 17.5 Å². The maximum absolute atomic E-state index is 11.5. The van der Waals surface area contributed by atoms with E-state index >= 15 is 0 Å². The van der Waals surface area contributed by atoms with E-state index in [0.717, 1.165) is 17.5 Å². The van der Waals surface area contributed by atoms with Gasteiger partial charge in [0.2, 0.25) is 5.91 Å². The smallest absolute Gasteiger partial charge is 0.232 e. The van der Waals surface area contributed by atoms with E-state index in [9.17, 15) is 9.59 Å². The summed E-state index contributed by atoms with van der Waals surface area (Å²) in [5.74, 6) is -1.32. The van der Waals surface area contributed by atoms with Crippen molar-refractivity contribution < 1.29 is 9.59 Å². The van der Waals surface area contributed by atoms with Gasteiger partial charge in [0, 0.05) is 6.42 Å². The zero-order valence-electron chi connectivity index (χ0n) is 7.69. The molecule has 0 fully saturated rings. The average molecular weight is 189 g/mol. The number of ketones is 1. The minimum absolute atomic E-state index is 0.0591. The molecule has 0 spiro atoms. The molecule has 0 saturated heterocycles. The maximum Gasteiger partial charge on any atom is 0.232 e. The van der Waals surface area contributed by atoms with E-state index in [0.29, 0.717) is 6.42 Å². The average Bonchev–Trinajstić information content (AvgIpc) is 2.17. The fourth-order valence-electron chi connectivity index (χ4n) is 1.93. The third-order valence-electron chi connectivity index (χ3n) is 2.61. The lowest BCUT2D eigenvalue weighted by atomic mass is 9.81. The monoisotopic (exact) mass is 189 g/mol. The number of aryl methyl sites for hydroxylation is 1. The van der Waals surface area contributed by atoms with Crippen LogP contribution in [0.4, 0.5) is 0 Å². The Morgan fingerprint density at radius 2 is 2.00 bits per heavy atom. The van der Waals surface area contributed by atoms with Crippen LogP contribution in [0.2, 0.25) is 0 Å². The van der Waals surface area contributed by atoms with Gasteiger partial charge in [-0.25, -0.2) is 0 Å². The topological polar surface area (TPSA) is 60.2 Å². The summed E-state index contributed by atoms with van der Waals surface area (Å²) in [5.41, 5.74) is 7.07. The molecule has 1 amide bonds. The van der Waals surface area contributed by atoms with Crippen molar-refractivity contribution in [1.82, 2.24) is 0 Å². The minimum atomic E-state index is -0.722. The Morgan fingerprint density at radius 1 is 1.29 bits per heavy atom. The van der Waals surface area contributed by atoms with Gasteiger partial charge in [-0.15, -0.1) is 0 Å². The molecule has 1 aliphatic rings. The number of carbonyl (C=O) groups excluding carboxylic acids is 2. The summed E-state index contributed by atoms with van der Waals surface area (Å²) in [4.78, 5) is 22.6. The molecule has 3 heteroatoms. The molecule has 3 nitrogen and oxygen atoms in total. The molecular weight excluding hydrogens is 178 g/mol. The molecule has 1 unspecified atom stereocenters. The molecule has 72 valence electrons. The summed E-state index contributed by atoms with van der Waals surface area (Å²) < 4.78 is 0. The Morgan fingerprint density at radius 3 is 2.71 bits per heavy atom. The normalized spacial score (nSPS) is 20.3. The second-order valence-electron chi connectivity index (χ2n) is 3.50. The number of hydrogen-bond donors (Lipinski definition) is 1. The molecule has 1 aliphatic carbocycles. The quantitative estimate of drug-likeness (QED) is 0.663. The molecule has 0 aliphatic heterocycles. The molecule has 1 aromatic carbocycles. The van der Waals surface area contributed by atoms with Gasteiger partial charge in [0.15, 0.2) is 0 Å². The van der Waals surface area contributed by atoms with E-state index in [1.54, 1.807) is 0 Å². The second-order valence-corrected chi connectivity index (χ2v) is 3.50. The molecule has 0 saturated carbocycles. The Kier molecular flexibility index (Phi) is 2.08. The van der Waals surface area contributed by atoms with Crippen molar-refractivity contribution >= 4 is 11.7 Å². The van der Waals surface area contributed by atoms with E-state index in [2.05, 4.69) is 0 Å². The number of hydrogen-bond acceptors (Lipinski definition) is 2. The van der Waals surface area contributed by atoms with Crippen molar-refractivity contribution in [3.8, 4) is 0 Å². The lowest BCUT2D eigenvalue weighted by Gasteiger charge is -2.21. The standard InChI is InChI=1S/C11H11NO2/c12-11(14)10-8-4-2-1-3-7(8)5-6-9(10)13/h1-4,10H,5-6H2,(H2,12,14). The van der Waals surface area contributed by atoms with Crippen molar-refractivity contribution in [1.29, 1.82) is 0 Å². The molecule has 14 heavy (non-hydrogen) atoms. The van der Waals surface area contributed by atoms with E-state index in [1.807, 2.05) is 24.3 Å². The molecule has 0 aromatic heterocycles. The van der Waals surface area contributed by atoms with Crippen LogP contribution in [0.1, 0.15) is 23.5 Å². The zero-order chi connectivity index (χ0) is 10.1. The predicted octanol–water partition coefficient (Wildman–Crippen LogP) is 0.771. The molecule has 1 atom stereocenters. The van der Waals surface area contributed by atoms with E-state index in [-0.39, 0.29) is 5.78 Å². The van der Waals surface area contributed by atoms with Gasteiger partial charge in [0.05, 0.1) is 0 Å². The van der Waals surface area contributed by atoms with Crippen LogP contribution in [0.25, 0.3) is 0 Å². The largest absolute Gasteiger partial charge is 0.369 e. The molecule has 2 rings (SSSR count). The lowest BCUT2D eigenvalue weighted by Crippen LogP contribution is -2.32. The van der Waals surface area contributed by atoms with Crippen molar-refractivity contribution in [3.05, 3.63) is 35.4 Å². The zero-order valence-corrected chi connectivity index (χ0v) is 7.69. The van der Waals surface area contributed by atoms with E-state index in [1.165, 1.54) is 0 Å². The number of rotatable bonds is 1. The number of nitrogens with two attached hydrogens (primary N) is 1. The van der Waals surface area contributed by atoms with Gasteiger partial charge in [0.1, 0.15) is 11.7 Å². The minimum Gasteiger partial charge on any atom is -0.369 e. The number of carbonyl (C=O) groups is 2. The SMILES string of the molecule is NC(=O)C1C(=O)CCc2ccccc21. The van der Waals surface area contributed by atoms with Crippen LogP contribution in [0, 0.1) is 0 Å². The molecular formula is C11H11NO2. The van der Waals surface area contributed by atoms with Gasteiger partial charge >= 0.3 is 0 Å². The summed E-state index contributed by atoms with van der Waals surface area (Å²) in [6, 6.07) is 7.49. The maximum atomic E-state index is 11.5. The summed E-state index contributed by atoms with van der Waals surface area (Å²) >= 11 is 0. The summed E-state index contributed by atoms with van der Waals surface area (Å²) in [7, 11) is 0. The van der Waals surface area contributed by atoms with Crippen LogP contribution >= 0.6 is 0 Å². The van der Waals surface area contributed by atoms with Gasteiger partial charge in [-0.3, -0.25) is 9.59 Å². The number of benzene rings is 1. The Hall–Kier alpha value is -1.64. The van der Waals surface area contributed by atoms with E-state index in [4.69, 9.17) is 5.73 Å². The Labute approximate surface area is 81.9 Å². The highest BCUT2D eigenvalue weighted by molar-refractivity contribution is 6.07. The molecule has 0 radical (unpaired) electrons. The van der Waals surface area contributed by atoms with Crippen molar-refractivity contribution in [2.45, 2.75) is 18.8 Å². The van der Waals surface area contributed by atoms with Gasteiger partial charge in [-0.2, -0.15) is 0 Å². The van der Waals surface area contributed by atoms with Crippen molar-refractivity contribution in [3.63, 3.8) is 0 Å². The number of Topliss-reactive ketones (excluding diaryl/α,β-unsaturated/α-hetero) is 1. The van der Waals surface area contributed by atoms with Gasteiger partial charge < -0.3 is 5.73 Å². The highest BCUT2D eigenvalue weighted by Gasteiger charge is 2.31. The van der Waals surface area contributed by atoms with Gasteiger partial charge in [-0.1, -0.05) is 24.3 Å². The first-order valence-corrected chi connectivity index (χ1v) is 4.60. The fourth-order valence-corrected chi connectivity index (χ4v) is 1.93. The molecule has 0 bridgehead atoms. The third-order valence-corrected chi connectivity index (χ3v) is 2.61. The van der Waals surface area contributed by atoms with Crippen molar-refractivity contribution in [2.24, 2.45) is 5.73 Å². The van der Waals surface area contributed by atoms with Crippen LogP contribution in [-0.2, 0) is 16.0 Å². The number of amides is 1. The van der Waals surface area contributed by atoms with Crippen LogP contribution in [0.15, 0.2) is 24.3 Å². The lowest BCUT2D eigenvalue weighted by molar-refractivity contribution is -0.129. The first-order valence-electron chi connectivity index (χ1n) is 4.60. The first kappa shape index (κ1) is 8.94. The first-order chi connectivity index (χ1) is 6.70. The van der Waals surface area contributed by atoms with Gasteiger partial charge in [0.25, 0.3) is 0 Å². The van der Waals surface area contributed by atoms with E-state index < -0.39 is 11.8 Å². The fraction of sp³-hybridized carbons (Fsp3) is 0.273. The van der Waals surface area contributed by atoms with Crippen LogP contribution < -0.4 is 5.73 Å². The molecule has 0 heterocycles. The van der Waals surface area contributed by atoms with Crippen LogP contribution in [0.3, 0.4) is 0 Å². The number of primary amides is 1. The summed E-state index contributed by atoms with van der Waals surface area (Å²) in [6.45, 7) is 0. The molecule has 2 N–H and O–H groups in total. The summed E-state index contributed by atoms with van der Waals surface area (Å²) in [5, 5.41) is 0. The van der Waals surface area contributed by atoms with Crippen LogP contribution in [-0.4, -0.2) is 11.7 Å². The molecule has 1 aromatic rings. The highest BCUT2D eigenvalue weighted by Crippen LogP contribution is 2.28. The summed E-state index contributed by atoms with van der Waals surface area (Å²) in [6.07, 6.45) is 1.14.